The highest BCUT2D eigenvalue weighted by atomic mass is 16.4. The number of pyridine rings is 1. The lowest BCUT2D eigenvalue weighted by Crippen LogP contribution is -1.94. The molecule has 0 saturated carbocycles. The van der Waals surface area contributed by atoms with Gasteiger partial charge in [-0.05, 0) is 17.7 Å². The minimum absolute atomic E-state index is 0.155. The number of carbonyl (C=O) groups is 1. The van der Waals surface area contributed by atoms with Gasteiger partial charge < -0.3 is 10.1 Å². The zero-order valence-corrected chi connectivity index (χ0v) is 9.42. The number of nitrogens with zero attached hydrogens (tertiary/aromatic N) is 1. The number of fused-ring (bicyclic) bond motifs is 1. The third-order valence-electron chi connectivity index (χ3n) is 2.81. The lowest BCUT2D eigenvalue weighted by atomic mass is 10.1. The van der Waals surface area contributed by atoms with Crippen molar-refractivity contribution in [1.82, 2.24) is 9.97 Å². The molecule has 4 nitrogen and oxygen atoms in total. The third kappa shape index (κ3) is 1.73. The number of carboxylic acid groups (broad SMARTS) is 1. The lowest BCUT2D eigenvalue weighted by molar-refractivity contribution is 0.0691. The Hall–Kier alpha value is -2.62. The van der Waals surface area contributed by atoms with Gasteiger partial charge in [-0.3, -0.25) is 4.98 Å². The maximum absolute atomic E-state index is 10.9. The second-order valence-electron chi connectivity index (χ2n) is 4.01. The molecule has 18 heavy (non-hydrogen) atoms. The van der Waals surface area contributed by atoms with Crippen LogP contribution in [0.2, 0.25) is 0 Å². The fourth-order valence-corrected chi connectivity index (χ4v) is 1.91. The average molecular weight is 238 g/mol. The van der Waals surface area contributed by atoms with Gasteiger partial charge in [0.2, 0.25) is 0 Å². The van der Waals surface area contributed by atoms with E-state index in [4.69, 9.17) is 5.11 Å². The van der Waals surface area contributed by atoms with Crippen LogP contribution in [0.15, 0.2) is 48.7 Å². The summed E-state index contributed by atoms with van der Waals surface area (Å²) in [7, 11) is 0. The molecular weight excluding hydrogens is 228 g/mol. The number of nitrogens with one attached hydrogen (secondary N) is 1. The van der Waals surface area contributed by atoms with Crippen molar-refractivity contribution in [3.63, 3.8) is 0 Å². The smallest absolute Gasteiger partial charge is 0.352 e. The monoisotopic (exact) mass is 238 g/mol. The number of rotatable bonds is 2. The minimum Gasteiger partial charge on any atom is -0.477 e. The minimum atomic E-state index is -0.978. The predicted octanol–water partition coefficient (Wildman–Crippen LogP) is 2.93. The third-order valence-corrected chi connectivity index (χ3v) is 2.81. The summed E-state index contributed by atoms with van der Waals surface area (Å²) in [5.41, 5.74) is 3.56. The molecule has 0 spiro atoms. The first-order chi connectivity index (χ1) is 8.74. The van der Waals surface area contributed by atoms with E-state index in [1.165, 1.54) is 6.07 Å². The first-order valence-electron chi connectivity index (χ1n) is 5.51. The molecule has 0 unspecified atom stereocenters. The van der Waals surface area contributed by atoms with Crippen LogP contribution < -0.4 is 0 Å². The van der Waals surface area contributed by atoms with E-state index in [0.29, 0.717) is 5.52 Å². The fourth-order valence-electron chi connectivity index (χ4n) is 1.91. The van der Waals surface area contributed by atoms with Crippen LogP contribution in [-0.4, -0.2) is 21.0 Å². The Balaban J connectivity index is 2.14. The van der Waals surface area contributed by atoms with Gasteiger partial charge in [-0.25, -0.2) is 4.79 Å². The van der Waals surface area contributed by atoms with Crippen molar-refractivity contribution in [2.45, 2.75) is 0 Å². The molecule has 0 radical (unpaired) electrons. The number of aromatic amines is 1. The Bertz CT molecular complexity index is 717. The maximum Gasteiger partial charge on any atom is 0.352 e. The molecule has 0 amide bonds. The quantitative estimate of drug-likeness (QED) is 0.721. The van der Waals surface area contributed by atoms with Crippen LogP contribution in [0.1, 0.15) is 10.5 Å². The second kappa shape index (κ2) is 4.00. The van der Waals surface area contributed by atoms with Crippen LogP contribution in [0, 0.1) is 0 Å². The largest absolute Gasteiger partial charge is 0.477 e. The molecule has 2 N–H and O–H groups in total. The number of benzene rings is 1. The van der Waals surface area contributed by atoms with Crippen LogP contribution in [-0.2, 0) is 0 Å². The molecule has 0 fully saturated rings. The van der Waals surface area contributed by atoms with E-state index in [1.807, 2.05) is 36.4 Å². The summed E-state index contributed by atoms with van der Waals surface area (Å²) in [4.78, 5) is 18.0. The van der Waals surface area contributed by atoms with Gasteiger partial charge in [0.15, 0.2) is 0 Å². The fraction of sp³-hybridized carbons (Fsp3) is 0. The van der Waals surface area contributed by atoms with Gasteiger partial charge in [0.1, 0.15) is 5.69 Å². The van der Waals surface area contributed by atoms with Gasteiger partial charge in [-0.15, -0.1) is 0 Å². The summed E-state index contributed by atoms with van der Waals surface area (Å²) in [5.74, 6) is -0.978. The van der Waals surface area contributed by atoms with Gasteiger partial charge in [0.05, 0.1) is 11.0 Å². The highest BCUT2D eigenvalue weighted by Gasteiger charge is 2.08. The van der Waals surface area contributed by atoms with Crippen LogP contribution in [0.4, 0.5) is 0 Å². The highest BCUT2D eigenvalue weighted by Crippen LogP contribution is 2.22. The van der Waals surface area contributed by atoms with Gasteiger partial charge in [0, 0.05) is 11.8 Å². The number of aromatic nitrogens is 2. The molecule has 88 valence electrons. The van der Waals surface area contributed by atoms with Gasteiger partial charge >= 0.3 is 5.97 Å². The number of carboxylic acids is 1. The van der Waals surface area contributed by atoms with Crippen molar-refractivity contribution >= 4 is 17.0 Å². The van der Waals surface area contributed by atoms with Crippen LogP contribution in [0.3, 0.4) is 0 Å². The molecule has 2 aromatic heterocycles. The number of aromatic carboxylic acids is 1. The molecule has 0 aliphatic rings. The summed E-state index contributed by atoms with van der Waals surface area (Å²) in [6.07, 6.45) is 1.75. The zero-order chi connectivity index (χ0) is 12.5. The number of hydrogen-bond acceptors (Lipinski definition) is 2. The van der Waals surface area contributed by atoms with E-state index < -0.39 is 5.97 Å². The van der Waals surface area contributed by atoms with Crippen LogP contribution >= 0.6 is 0 Å². The molecule has 0 aliphatic heterocycles. The first kappa shape index (κ1) is 10.5. The van der Waals surface area contributed by atoms with Gasteiger partial charge in [-0.2, -0.15) is 0 Å². The Morgan fingerprint density at radius 3 is 2.61 bits per heavy atom. The Labute approximate surface area is 103 Å². The van der Waals surface area contributed by atoms with E-state index in [-0.39, 0.29) is 5.69 Å². The molecular formula is C14H10N2O2. The van der Waals surface area contributed by atoms with Crippen molar-refractivity contribution in [1.29, 1.82) is 0 Å². The van der Waals surface area contributed by atoms with Crippen molar-refractivity contribution in [2.75, 3.05) is 0 Å². The highest BCUT2D eigenvalue weighted by molar-refractivity contribution is 5.93. The van der Waals surface area contributed by atoms with Crippen LogP contribution in [0.25, 0.3) is 22.2 Å². The lowest BCUT2D eigenvalue weighted by Gasteiger charge is -2.00. The van der Waals surface area contributed by atoms with Crippen molar-refractivity contribution in [3.05, 3.63) is 54.4 Å². The number of H-pyrrole nitrogens is 1. The molecule has 3 rings (SSSR count). The molecule has 4 heteroatoms. The second-order valence-corrected chi connectivity index (χ2v) is 4.01. The molecule has 2 heterocycles. The summed E-state index contributed by atoms with van der Waals surface area (Å²) < 4.78 is 0. The zero-order valence-electron chi connectivity index (χ0n) is 9.42. The van der Waals surface area contributed by atoms with Crippen molar-refractivity contribution in [3.8, 4) is 11.1 Å². The topological polar surface area (TPSA) is 66.0 Å². The summed E-state index contributed by atoms with van der Waals surface area (Å²) in [6, 6.07) is 13.3. The first-order valence-corrected chi connectivity index (χ1v) is 5.51. The molecule has 0 saturated heterocycles. The standard InChI is InChI=1S/C14H10N2O2/c17-14(18)13-7-11-12(16-13)6-10(8-15-11)9-4-2-1-3-5-9/h1-8,16H,(H,17,18). The summed E-state index contributed by atoms with van der Waals surface area (Å²) in [5, 5.41) is 8.91. The molecule has 1 aromatic carbocycles. The van der Waals surface area contributed by atoms with Crippen molar-refractivity contribution in [2.24, 2.45) is 0 Å². The molecule has 3 aromatic rings. The Morgan fingerprint density at radius 2 is 1.89 bits per heavy atom. The maximum atomic E-state index is 10.9. The van der Waals surface area contributed by atoms with E-state index in [1.54, 1.807) is 6.20 Å². The summed E-state index contributed by atoms with van der Waals surface area (Å²) >= 11 is 0. The molecule has 0 atom stereocenters. The Kier molecular flexibility index (Phi) is 2.34. The average Bonchev–Trinajstić information content (AvgIpc) is 2.82. The van der Waals surface area contributed by atoms with E-state index in [2.05, 4.69) is 9.97 Å². The molecule has 0 bridgehead atoms. The van der Waals surface area contributed by atoms with Crippen molar-refractivity contribution < 1.29 is 9.90 Å². The van der Waals surface area contributed by atoms with Crippen LogP contribution in [0.5, 0.6) is 0 Å². The number of hydrogen-bond donors (Lipinski definition) is 2. The Morgan fingerprint density at radius 1 is 1.11 bits per heavy atom. The van der Waals surface area contributed by atoms with E-state index >= 15 is 0 Å². The van der Waals surface area contributed by atoms with E-state index in [0.717, 1.165) is 16.6 Å². The normalized spacial score (nSPS) is 10.7. The SMILES string of the molecule is O=C(O)c1cc2ncc(-c3ccccc3)cc2[nH]1. The summed E-state index contributed by atoms with van der Waals surface area (Å²) in [6.45, 7) is 0. The van der Waals surface area contributed by atoms with Gasteiger partial charge in [0.25, 0.3) is 0 Å². The predicted molar refractivity (Wildman–Crippen MR) is 68.5 cm³/mol. The molecule has 0 aliphatic carbocycles. The van der Waals surface area contributed by atoms with E-state index in [9.17, 15) is 4.79 Å². The van der Waals surface area contributed by atoms with Gasteiger partial charge in [-0.1, -0.05) is 30.3 Å².